The van der Waals surface area contributed by atoms with Crippen LogP contribution in [0.15, 0.2) is 48.7 Å². The molecule has 1 fully saturated rings. The largest absolute Gasteiger partial charge is 0.469 e. The van der Waals surface area contributed by atoms with Crippen LogP contribution in [0.25, 0.3) is 11.1 Å². The Bertz CT molecular complexity index is 1530. The quantitative estimate of drug-likeness (QED) is 0.263. The summed E-state index contributed by atoms with van der Waals surface area (Å²) in [5.74, 6) is -2.66. The smallest absolute Gasteiger partial charge is 0.410 e. The number of hydrogen-bond donors (Lipinski definition) is 1. The molecule has 2 aliphatic heterocycles. The van der Waals surface area contributed by atoms with Crippen molar-refractivity contribution >= 4 is 35.3 Å². The molecular formula is C31H30ClF2N3O5. The number of hydrogen-bond acceptors (Lipinski definition) is 6. The molecule has 2 bridgehead atoms. The minimum atomic E-state index is -1.12. The zero-order valence-corrected chi connectivity index (χ0v) is 23.9. The Kier molecular flexibility index (Phi) is 8.72. The number of benzene rings is 2. The SMILES string of the molecule is COC(=O)Cc1ccc2c(c1)NC(=O)[C@H](C)CCC[C@H](N1CC[C@H](c3c(F)ccc(Cl)c3F)OC1=O)c1cc-2ccn1. The molecule has 11 heteroatoms. The molecule has 0 spiro atoms. The second kappa shape index (κ2) is 12.4. The van der Waals surface area contributed by atoms with E-state index in [0.29, 0.717) is 36.2 Å². The fourth-order valence-corrected chi connectivity index (χ4v) is 5.65. The molecule has 3 atom stereocenters. The molecule has 3 heterocycles. The van der Waals surface area contributed by atoms with E-state index in [4.69, 9.17) is 21.1 Å². The predicted molar refractivity (Wildman–Crippen MR) is 152 cm³/mol. The van der Waals surface area contributed by atoms with E-state index in [2.05, 4.69) is 10.3 Å². The van der Waals surface area contributed by atoms with Crippen molar-refractivity contribution in [3.05, 3.63) is 82.1 Å². The number of esters is 1. The van der Waals surface area contributed by atoms with Gasteiger partial charge in [0.2, 0.25) is 5.91 Å². The number of cyclic esters (lactones) is 1. The molecule has 0 aliphatic carbocycles. The maximum Gasteiger partial charge on any atom is 0.410 e. The minimum Gasteiger partial charge on any atom is -0.469 e. The minimum absolute atomic E-state index is 0.0555. The van der Waals surface area contributed by atoms with Gasteiger partial charge < -0.3 is 14.8 Å². The molecule has 1 aromatic heterocycles. The van der Waals surface area contributed by atoms with Crippen LogP contribution in [0.2, 0.25) is 5.02 Å². The lowest BCUT2D eigenvalue weighted by Crippen LogP contribution is -2.42. The summed E-state index contributed by atoms with van der Waals surface area (Å²) in [6.07, 6.45) is 1.66. The molecule has 1 saturated heterocycles. The van der Waals surface area contributed by atoms with Crippen LogP contribution in [-0.2, 0) is 25.5 Å². The fraction of sp³-hybridized carbons (Fsp3) is 0.355. The van der Waals surface area contributed by atoms with Gasteiger partial charge in [-0.2, -0.15) is 0 Å². The van der Waals surface area contributed by atoms with E-state index in [9.17, 15) is 23.2 Å². The third-order valence-corrected chi connectivity index (χ3v) is 8.09. The van der Waals surface area contributed by atoms with Crippen LogP contribution in [0, 0.1) is 17.6 Å². The van der Waals surface area contributed by atoms with Crippen molar-refractivity contribution in [2.75, 3.05) is 19.0 Å². The van der Waals surface area contributed by atoms with Crippen LogP contribution < -0.4 is 5.32 Å². The first-order valence-electron chi connectivity index (χ1n) is 13.7. The molecule has 220 valence electrons. The van der Waals surface area contributed by atoms with Crippen LogP contribution in [0.4, 0.5) is 19.3 Å². The van der Waals surface area contributed by atoms with E-state index in [0.717, 1.165) is 23.3 Å². The number of amides is 2. The van der Waals surface area contributed by atoms with Gasteiger partial charge in [0.25, 0.3) is 0 Å². The normalized spacial score (nSPS) is 20.9. The number of halogens is 3. The highest BCUT2D eigenvalue weighted by Gasteiger charge is 2.37. The Morgan fingerprint density at radius 3 is 2.71 bits per heavy atom. The number of pyridine rings is 1. The summed E-state index contributed by atoms with van der Waals surface area (Å²) in [7, 11) is 1.32. The van der Waals surface area contributed by atoms with E-state index >= 15 is 0 Å². The number of rotatable bonds is 4. The molecule has 42 heavy (non-hydrogen) atoms. The van der Waals surface area contributed by atoms with Crippen LogP contribution in [0.5, 0.6) is 0 Å². The first-order valence-corrected chi connectivity index (χ1v) is 14.1. The highest BCUT2D eigenvalue weighted by Crippen LogP contribution is 2.39. The van der Waals surface area contributed by atoms with Crippen molar-refractivity contribution in [1.82, 2.24) is 9.88 Å². The first-order chi connectivity index (χ1) is 20.2. The summed E-state index contributed by atoms with van der Waals surface area (Å²) in [5.41, 5.74) is 2.97. The average molecular weight is 598 g/mol. The molecule has 2 aliphatic rings. The first kappa shape index (κ1) is 29.4. The van der Waals surface area contributed by atoms with Gasteiger partial charge in [0.05, 0.1) is 35.9 Å². The van der Waals surface area contributed by atoms with Crippen LogP contribution in [0.1, 0.15) is 61.6 Å². The molecule has 0 unspecified atom stereocenters. The summed E-state index contributed by atoms with van der Waals surface area (Å²) in [6.45, 7) is 2.01. The van der Waals surface area contributed by atoms with E-state index in [1.807, 2.05) is 19.1 Å². The van der Waals surface area contributed by atoms with Crippen LogP contribution in [-0.4, -0.2) is 41.5 Å². The Labute approximate surface area is 247 Å². The number of anilines is 1. The van der Waals surface area contributed by atoms with Crippen LogP contribution in [0.3, 0.4) is 0 Å². The Morgan fingerprint density at radius 2 is 1.95 bits per heavy atom. The molecule has 2 amide bonds. The lowest BCUT2D eigenvalue weighted by Gasteiger charge is -2.37. The van der Waals surface area contributed by atoms with Gasteiger partial charge in [-0.25, -0.2) is 13.6 Å². The second-order valence-corrected chi connectivity index (χ2v) is 11.0. The molecule has 2 aromatic carbocycles. The number of nitrogens with zero attached hydrogens (tertiary/aromatic N) is 2. The zero-order valence-electron chi connectivity index (χ0n) is 23.2. The van der Waals surface area contributed by atoms with E-state index < -0.39 is 35.8 Å². The van der Waals surface area contributed by atoms with E-state index in [-0.39, 0.29) is 41.8 Å². The van der Waals surface area contributed by atoms with Gasteiger partial charge in [-0.3, -0.25) is 19.5 Å². The highest BCUT2D eigenvalue weighted by atomic mass is 35.5. The number of carbonyl (C=O) groups is 3. The van der Waals surface area contributed by atoms with Gasteiger partial charge >= 0.3 is 12.1 Å². The Morgan fingerprint density at radius 1 is 1.14 bits per heavy atom. The molecule has 0 radical (unpaired) electrons. The van der Waals surface area contributed by atoms with Gasteiger partial charge in [0, 0.05) is 36.3 Å². The molecule has 3 aromatic rings. The maximum absolute atomic E-state index is 14.7. The standard InChI is InChI=1S/C31H30ClF2N3O5/c1-17-4-3-5-25(37-13-11-26(42-31(37)40)28-22(33)9-8-21(32)29(28)34)24-16-19(10-12-35-24)20-7-6-18(15-27(38)41-2)14-23(20)36-30(17)39/h6-10,12,14,16-17,25-26H,3-5,11,13,15H2,1-2H3,(H,36,39)/t17-,25+,26-/m1/s1. The summed E-state index contributed by atoms with van der Waals surface area (Å²) >= 11 is 5.86. The number of aromatic nitrogens is 1. The molecule has 0 saturated carbocycles. The van der Waals surface area contributed by atoms with E-state index in [1.54, 1.807) is 24.4 Å². The number of carbonyl (C=O) groups excluding carboxylic acids is 3. The van der Waals surface area contributed by atoms with Gasteiger partial charge in [0.1, 0.15) is 11.9 Å². The topological polar surface area (TPSA) is 97.8 Å². The lowest BCUT2D eigenvalue weighted by molar-refractivity contribution is -0.139. The monoisotopic (exact) mass is 597 g/mol. The molecular weight excluding hydrogens is 568 g/mol. The fourth-order valence-electron chi connectivity index (χ4n) is 5.48. The van der Waals surface area contributed by atoms with Crippen molar-refractivity contribution in [3.63, 3.8) is 0 Å². The Hall–Kier alpha value is -4.05. The van der Waals surface area contributed by atoms with Crippen molar-refractivity contribution in [2.45, 2.75) is 51.2 Å². The summed E-state index contributed by atoms with van der Waals surface area (Å²) in [4.78, 5) is 44.4. The third kappa shape index (κ3) is 6.09. The molecule has 5 rings (SSSR count). The average Bonchev–Trinajstić information content (AvgIpc) is 2.97. The summed E-state index contributed by atoms with van der Waals surface area (Å²) in [5, 5.41) is 2.77. The number of methoxy groups -OCH3 is 1. The van der Waals surface area contributed by atoms with Gasteiger partial charge in [-0.05, 0) is 54.3 Å². The molecule has 1 N–H and O–H groups in total. The lowest BCUT2D eigenvalue weighted by atomic mass is 9.93. The third-order valence-electron chi connectivity index (χ3n) is 7.80. The number of fused-ring (bicyclic) bond motifs is 4. The number of ether oxygens (including phenoxy) is 2. The van der Waals surface area contributed by atoms with Crippen molar-refractivity contribution in [3.8, 4) is 11.1 Å². The number of nitrogens with one attached hydrogen (secondary N) is 1. The van der Waals surface area contributed by atoms with E-state index in [1.165, 1.54) is 12.0 Å². The van der Waals surface area contributed by atoms with Crippen molar-refractivity contribution in [2.24, 2.45) is 5.92 Å². The van der Waals surface area contributed by atoms with Gasteiger partial charge in [-0.1, -0.05) is 37.1 Å². The maximum atomic E-state index is 14.7. The summed E-state index contributed by atoms with van der Waals surface area (Å²) < 4.78 is 39.5. The highest BCUT2D eigenvalue weighted by molar-refractivity contribution is 6.30. The van der Waals surface area contributed by atoms with Crippen molar-refractivity contribution in [1.29, 1.82) is 0 Å². The van der Waals surface area contributed by atoms with Gasteiger partial charge in [-0.15, -0.1) is 0 Å². The molecule has 8 nitrogen and oxygen atoms in total. The van der Waals surface area contributed by atoms with Gasteiger partial charge in [0.15, 0.2) is 5.82 Å². The zero-order chi connectivity index (χ0) is 30.0. The van der Waals surface area contributed by atoms with Crippen LogP contribution >= 0.6 is 11.6 Å². The summed E-state index contributed by atoms with van der Waals surface area (Å²) in [6, 6.07) is 10.7. The second-order valence-electron chi connectivity index (χ2n) is 10.6. The Balaban J connectivity index is 1.48. The predicted octanol–water partition coefficient (Wildman–Crippen LogP) is 6.78. The van der Waals surface area contributed by atoms with Crippen molar-refractivity contribution < 1.29 is 32.6 Å².